The molecule has 4 rings (SSSR count). The highest BCUT2D eigenvalue weighted by molar-refractivity contribution is 5.96. The summed E-state index contributed by atoms with van der Waals surface area (Å²) in [5, 5.41) is 1.66. The van der Waals surface area contributed by atoms with Gasteiger partial charge in [-0.15, -0.1) is 13.2 Å². The summed E-state index contributed by atoms with van der Waals surface area (Å²) in [5.74, 6) is -0.845. The van der Waals surface area contributed by atoms with Crippen molar-refractivity contribution in [3.8, 4) is 17.2 Å². The molecule has 1 aliphatic carbocycles. The number of carbonyl (C=O) groups excluding carboxylic acids is 1. The van der Waals surface area contributed by atoms with Gasteiger partial charge in [0.2, 0.25) is 0 Å². The lowest BCUT2D eigenvalue weighted by molar-refractivity contribution is -0.275. The number of fused-ring (bicyclic) bond motifs is 1. The van der Waals surface area contributed by atoms with E-state index in [0.29, 0.717) is 5.75 Å². The summed E-state index contributed by atoms with van der Waals surface area (Å²) in [6.07, 6.45) is -1.59. The number of halogens is 3. The van der Waals surface area contributed by atoms with Crippen LogP contribution >= 0.6 is 0 Å². The summed E-state index contributed by atoms with van der Waals surface area (Å²) >= 11 is 0. The molecule has 4 nitrogen and oxygen atoms in total. The van der Waals surface area contributed by atoms with Crippen molar-refractivity contribution in [1.29, 1.82) is 0 Å². The predicted molar refractivity (Wildman–Crippen MR) is 119 cm³/mol. The molecule has 0 atom stereocenters. The first-order chi connectivity index (χ1) is 15.7. The normalized spacial score (nSPS) is 15.6. The molecule has 1 aliphatic rings. The molecule has 0 heterocycles. The average molecular weight is 458 g/mol. The molecule has 0 amide bonds. The van der Waals surface area contributed by atoms with E-state index >= 15 is 0 Å². The summed E-state index contributed by atoms with van der Waals surface area (Å²) in [5.41, 5.74) is -0.536. The van der Waals surface area contributed by atoms with E-state index in [2.05, 4.69) is 4.74 Å². The number of alkyl halides is 3. The highest BCUT2D eigenvalue weighted by Crippen LogP contribution is 2.43. The maximum absolute atomic E-state index is 13.0. The van der Waals surface area contributed by atoms with Crippen LogP contribution in [-0.2, 0) is 0 Å². The summed E-state index contributed by atoms with van der Waals surface area (Å²) in [4.78, 5) is 12.9. The molecule has 0 radical (unpaired) electrons. The fraction of sp³-hybridized carbons (Fsp3) is 0.346. The number of rotatable bonds is 6. The van der Waals surface area contributed by atoms with Gasteiger partial charge in [-0.1, -0.05) is 50.2 Å². The molecule has 174 valence electrons. The van der Waals surface area contributed by atoms with Crippen molar-refractivity contribution in [2.45, 2.75) is 51.5 Å². The van der Waals surface area contributed by atoms with Crippen molar-refractivity contribution < 1.29 is 32.2 Å². The van der Waals surface area contributed by atoms with E-state index in [1.54, 1.807) is 12.1 Å². The first-order valence-electron chi connectivity index (χ1n) is 11.0. The van der Waals surface area contributed by atoms with Gasteiger partial charge in [-0.3, -0.25) is 0 Å². The fourth-order valence-corrected chi connectivity index (χ4v) is 4.36. The van der Waals surface area contributed by atoms with Gasteiger partial charge in [0, 0.05) is 5.39 Å². The molecule has 3 aromatic rings. The molecular weight excluding hydrogens is 433 g/mol. The van der Waals surface area contributed by atoms with Gasteiger partial charge in [0.15, 0.2) is 11.5 Å². The van der Waals surface area contributed by atoms with Crippen LogP contribution in [0.15, 0.2) is 60.7 Å². The number of esters is 1. The van der Waals surface area contributed by atoms with E-state index in [-0.39, 0.29) is 17.2 Å². The Morgan fingerprint density at radius 3 is 2.30 bits per heavy atom. The first kappa shape index (κ1) is 23.0. The predicted octanol–water partition coefficient (Wildman–Crippen LogP) is 7.31. The van der Waals surface area contributed by atoms with Gasteiger partial charge in [-0.2, -0.15) is 0 Å². The zero-order chi connectivity index (χ0) is 23.6. The van der Waals surface area contributed by atoms with Gasteiger partial charge in [0.25, 0.3) is 0 Å². The number of ether oxygens (including phenoxy) is 3. The van der Waals surface area contributed by atoms with Crippen molar-refractivity contribution in [3.63, 3.8) is 0 Å². The fourth-order valence-electron chi connectivity index (χ4n) is 4.36. The quantitative estimate of drug-likeness (QED) is 0.287. The molecule has 0 aliphatic heterocycles. The van der Waals surface area contributed by atoms with Crippen molar-refractivity contribution in [2.75, 3.05) is 0 Å². The van der Waals surface area contributed by atoms with Crippen LogP contribution in [-0.4, -0.2) is 17.9 Å². The van der Waals surface area contributed by atoms with Gasteiger partial charge >= 0.3 is 12.3 Å². The van der Waals surface area contributed by atoms with Crippen molar-refractivity contribution in [1.82, 2.24) is 0 Å². The minimum Gasteiger partial charge on any atom is -0.483 e. The minimum atomic E-state index is -4.89. The molecule has 0 aromatic heterocycles. The molecule has 0 unspecified atom stereocenters. The minimum absolute atomic E-state index is 0.0735. The van der Waals surface area contributed by atoms with Crippen LogP contribution in [0.3, 0.4) is 0 Å². The zero-order valence-electron chi connectivity index (χ0n) is 18.4. The molecule has 1 fully saturated rings. The lowest BCUT2D eigenvalue weighted by Crippen LogP contribution is -2.38. The zero-order valence-corrected chi connectivity index (χ0v) is 18.4. The molecule has 0 saturated heterocycles. The van der Waals surface area contributed by atoms with E-state index < -0.39 is 23.7 Å². The summed E-state index contributed by atoms with van der Waals surface area (Å²) in [6, 6.07) is 16.4. The van der Waals surface area contributed by atoms with Crippen LogP contribution in [0.25, 0.3) is 10.8 Å². The lowest BCUT2D eigenvalue weighted by atomic mass is 9.88. The smallest absolute Gasteiger partial charge is 0.483 e. The van der Waals surface area contributed by atoms with Gasteiger partial charge in [0.05, 0.1) is 5.56 Å². The van der Waals surface area contributed by atoms with Crippen LogP contribution in [0, 0.1) is 5.92 Å². The third kappa shape index (κ3) is 5.07. The van der Waals surface area contributed by atoms with Gasteiger partial charge in [-0.25, -0.2) is 4.79 Å². The number of benzene rings is 3. The number of hydrogen-bond donors (Lipinski definition) is 0. The molecule has 0 N–H and O–H groups in total. The molecule has 1 saturated carbocycles. The first-order valence-corrected chi connectivity index (χ1v) is 11.0. The molecule has 0 spiro atoms. The largest absolute Gasteiger partial charge is 0.573 e. The van der Waals surface area contributed by atoms with Crippen molar-refractivity contribution >= 4 is 16.7 Å². The Bertz CT molecular complexity index is 1140. The Morgan fingerprint density at radius 2 is 1.61 bits per heavy atom. The van der Waals surface area contributed by atoms with Crippen LogP contribution in [0.1, 0.15) is 49.9 Å². The Kier molecular flexibility index (Phi) is 6.23. The average Bonchev–Trinajstić information content (AvgIpc) is 3.24. The van der Waals surface area contributed by atoms with E-state index in [4.69, 9.17) is 9.47 Å². The number of hydrogen-bond acceptors (Lipinski definition) is 4. The van der Waals surface area contributed by atoms with Crippen LogP contribution < -0.4 is 14.2 Å². The Hall–Kier alpha value is -3.22. The van der Waals surface area contributed by atoms with Crippen LogP contribution in [0.2, 0.25) is 0 Å². The molecule has 0 bridgehead atoms. The topological polar surface area (TPSA) is 44.8 Å². The van der Waals surface area contributed by atoms with Crippen molar-refractivity contribution in [2.24, 2.45) is 5.92 Å². The summed E-state index contributed by atoms with van der Waals surface area (Å²) < 4.78 is 55.0. The third-order valence-electron chi connectivity index (χ3n) is 6.17. The highest BCUT2D eigenvalue weighted by atomic mass is 19.4. The second-order valence-corrected chi connectivity index (χ2v) is 8.60. The molecular formula is C26H25F3O4. The van der Waals surface area contributed by atoms with E-state index in [1.165, 1.54) is 12.1 Å². The maximum Gasteiger partial charge on any atom is 0.573 e. The third-order valence-corrected chi connectivity index (χ3v) is 6.17. The van der Waals surface area contributed by atoms with E-state index in [0.717, 1.165) is 42.5 Å². The molecule has 33 heavy (non-hydrogen) atoms. The SMILES string of the molecule is CC(C)C1(Oc2cc(C(=O)Oc3cccc4ccccc34)ccc2OC(F)(F)F)CCCC1. The molecule has 7 heteroatoms. The van der Waals surface area contributed by atoms with E-state index in [9.17, 15) is 18.0 Å². The number of carbonyl (C=O) groups is 1. The second kappa shape index (κ2) is 8.96. The lowest BCUT2D eigenvalue weighted by Gasteiger charge is -2.35. The summed E-state index contributed by atoms with van der Waals surface area (Å²) in [7, 11) is 0. The summed E-state index contributed by atoms with van der Waals surface area (Å²) in [6.45, 7) is 3.96. The standard InChI is InChI=1S/C26H25F3O4/c1-17(2)25(14-5-6-15-25)32-23-16-19(12-13-22(23)33-26(27,28)29)24(30)31-21-11-7-9-18-8-3-4-10-20(18)21/h3-4,7-13,16-17H,5-6,14-15H2,1-2H3. The van der Waals surface area contributed by atoms with Crippen molar-refractivity contribution in [3.05, 3.63) is 66.2 Å². The Balaban J connectivity index is 1.67. The van der Waals surface area contributed by atoms with Crippen LogP contribution in [0.5, 0.6) is 17.2 Å². The maximum atomic E-state index is 13.0. The Morgan fingerprint density at radius 1 is 0.909 bits per heavy atom. The monoisotopic (exact) mass is 458 g/mol. The molecule has 3 aromatic carbocycles. The van der Waals surface area contributed by atoms with Crippen LogP contribution in [0.4, 0.5) is 13.2 Å². The van der Waals surface area contributed by atoms with Gasteiger partial charge < -0.3 is 14.2 Å². The van der Waals surface area contributed by atoms with Gasteiger partial charge in [-0.05, 0) is 61.3 Å². The Labute approximate surface area is 190 Å². The second-order valence-electron chi connectivity index (χ2n) is 8.60. The highest BCUT2D eigenvalue weighted by Gasteiger charge is 2.41. The van der Waals surface area contributed by atoms with Gasteiger partial charge in [0.1, 0.15) is 11.4 Å². The van der Waals surface area contributed by atoms with E-state index in [1.807, 2.05) is 44.2 Å².